The van der Waals surface area contributed by atoms with Crippen LogP contribution >= 0.6 is 0 Å². The number of allylic oxidation sites excluding steroid dienone is 1. The zero-order valence-electron chi connectivity index (χ0n) is 7.76. The summed E-state index contributed by atoms with van der Waals surface area (Å²) >= 11 is 0. The van der Waals surface area contributed by atoms with Gasteiger partial charge in [0.25, 0.3) is 0 Å². The van der Waals surface area contributed by atoms with Crippen LogP contribution in [0.25, 0.3) is 0 Å². The Balaban J connectivity index is 2.91. The monoisotopic (exact) mass is 168 g/mol. The molecule has 0 radical (unpaired) electrons. The minimum atomic E-state index is -0.441. The first-order chi connectivity index (χ1) is 5.63. The molecule has 2 nitrogen and oxygen atoms in total. The van der Waals surface area contributed by atoms with Crippen molar-refractivity contribution in [3.8, 4) is 0 Å². The third-order valence-corrected chi connectivity index (χ3v) is 2.44. The molecule has 1 atom stereocenters. The minimum absolute atomic E-state index is 0.130. The molecule has 0 aromatic rings. The molecule has 2 heteroatoms. The molecule has 0 aromatic carbocycles. The molecule has 1 unspecified atom stereocenters. The van der Waals surface area contributed by atoms with Gasteiger partial charge in [0.1, 0.15) is 0 Å². The van der Waals surface area contributed by atoms with Crippen molar-refractivity contribution in [2.24, 2.45) is 0 Å². The van der Waals surface area contributed by atoms with E-state index < -0.39 is 6.10 Å². The molecule has 1 aliphatic carbocycles. The van der Waals surface area contributed by atoms with Crippen LogP contribution in [0.3, 0.4) is 0 Å². The van der Waals surface area contributed by atoms with Crippen molar-refractivity contribution >= 4 is 5.78 Å². The van der Waals surface area contributed by atoms with Crippen LogP contribution in [0, 0.1) is 0 Å². The quantitative estimate of drug-likeness (QED) is 0.683. The second-order valence-electron chi connectivity index (χ2n) is 3.44. The maximum absolute atomic E-state index is 11.1. The molecule has 0 fully saturated rings. The average molecular weight is 168 g/mol. The van der Waals surface area contributed by atoms with E-state index in [0.29, 0.717) is 0 Å². The van der Waals surface area contributed by atoms with Crippen molar-refractivity contribution in [1.29, 1.82) is 0 Å². The maximum atomic E-state index is 11.1. The average Bonchev–Trinajstić information content (AvgIpc) is 2.04. The van der Waals surface area contributed by atoms with Crippen LogP contribution in [-0.4, -0.2) is 17.0 Å². The number of aliphatic hydroxyl groups excluding tert-OH is 1. The Bertz CT molecular complexity index is 214. The minimum Gasteiger partial charge on any atom is -0.389 e. The summed E-state index contributed by atoms with van der Waals surface area (Å²) in [7, 11) is 0. The van der Waals surface area contributed by atoms with E-state index in [1.165, 1.54) is 0 Å². The molecule has 0 aliphatic heterocycles. The molecule has 0 aromatic heterocycles. The van der Waals surface area contributed by atoms with Crippen LogP contribution in [0.1, 0.15) is 39.5 Å². The highest BCUT2D eigenvalue weighted by molar-refractivity contribution is 5.94. The maximum Gasteiger partial charge on any atom is 0.155 e. The third kappa shape index (κ3) is 1.95. The lowest BCUT2D eigenvalue weighted by atomic mass is 9.87. The predicted octanol–water partition coefficient (Wildman–Crippen LogP) is 1.83. The van der Waals surface area contributed by atoms with Crippen LogP contribution in [0.15, 0.2) is 11.1 Å². The van der Waals surface area contributed by atoms with Gasteiger partial charge in [-0.1, -0.05) is 0 Å². The van der Waals surface area contributed by atoms with E-state index in [2.05, 4.69) is 0 Å². The van der Waals surface area contributed by atoms with E-state index in [1.807, 2.05) is 0 Å². The number of rotatable bonds is 2. The van der Waals surface area contributed by atoms with Crippen molar-refractivity contribution in [2.45, 2.75) is 45.6 Å². The van der Waals surface area contributed by atoms with Gasteiger partial charge >= 0.3 is 0 Å². The molecule has 0 saturated heterocycles. The summed E-state index contributed by atoms with van der Waals surface area (Å²) in [6, 6.07) is 0. The molecule has 0 amide bonds. The Morgan fingerprint density at radius 2 is 2.00 bits per heavy atom. The molecule has 12 heavy (non-hydrogen) atoms. The number of Topliss-reactive ketones (excluding diaryl/α,β-unsaturated/α-hetero) is 1. The van der Waals surface area contributed by atoms with Crippen molar-refractivity contribution in [2.75, 3.05) is 0 Å². The second kappa shape index (κ2) is 3.85. The number of carbonyl (C=O) groups is 1. The van der Waals surface area contributed by atoms with E-state index in [9.17, 15) is 9.90 Å². The van der Waals surface area contributed by atoms with Gasteiger partial charge in [0.05, 0.1) is 6.10 Å². The zero-order valence-corrected chi connectivity index (χ0v) is 7.76. The standard InChI is InChI=1S/C10H16O2/c1-7(11)9-5-3-4-6-10(9)8(2)12/h7,11H,3-6H2,1-2H3. The predicted molar refractivity (Wildman–Crippen MR) is 47.9 cm³/mol. The molecule has 0 heterocycles. The van der Waals surface area contributed by atoms with E-state index in [4.69, 9.17) is 0 Å². The van der Waals surface area contributed by atoms with Crippen molar-refractivity contribution in [3.05, 3.63) is 11.1 Å². The Morgan fingerprint density at radius 1 is 1.42 bits per heavy atom. The number of hydrogen-bond donors (Lipinski definition) is 1. The Morgan fingerprint density at radius 3 is 2.42 bits per heavy atom. The SMILES string of the molecule is CC(=O)C1=C(C(C)O)CCCC1. The first-order valence-electron chi connectivity index (χ1n) is 4.54. The molecule has 68 valence electrons. The summed E-state index contributed by atoms with van der Waals surface area (Å²) in [4.78, 5) is 11.1. The second-order valence-corrected chi connectivity index (χ2v) is 3.44. The Hall–Kier alpha value is -0.630. The topological polar surface area (TPSA) is 37.3 Å². The van der Waals surface area contributed by atoms with Gasteiger partial charge in [-0.2, -0.15) is 0 Å². The highest BCUT2D eigenvalue weighted by Gasteiger charge is 2.18. The summed E-state index contributed by atoms with van der Waals surface area (Å²) in [5, 5.41) is 9.39. The molecule has 0 spiro atoms. The van der Waals surface area contributed by atoms with Gasteiger partial charge < -0.3 is 5.11 Å². The van der Waals surface area contributed by atoms with Crippen LogP contribution in [0.4, 0.5) is 0 Å². The molecule has 1 aliphatic rings. The zero-order chi connectivity index (χ0) is 9.14. The van der Waals surface area contributed by atoms with Crippen LogP contribution in [-0.2, 0) is 4.79 Å². The number of hydrogen-bond acceptors (Lipinski definition) is 2. The van der Waals surface area contributed by atoms with Crippen LogP contribution in [0.2, 0.25) is 0 Å². The van der Waals surface area contributed by atoms with Gasteiger partial charge in [-0.15, -0.1) is 0 Å². The number of aliphatic hydroxyl groups is 1. The van der Waals surface area contributed by atoms with Crippen molar-refractivity contribution in [3.63, 3.8) is 0 Å². The first kappa shape index (κ1) is 9.46. The fourth-order valence-corrected chi connectivity index (χ4v) is 1.79. The third-order valence-electron chi connectivity index (χ3n) is 2.44. The lowest BCUT2D eigenvalue weighted by Gasteiger charge is -2.20. The largest absolute Gasteiger partial charge is 0.389 e. The molecular weight excluding hydrogens is 152 g/mol. The van der Waals surface area contributed by atoms with Crippen LogP contribution in [0.5, 0.6) is 0 Å². The van der Waals surface area contributed by atoms with E-state index in [1.54, 1.807) is 13.8 Å². The summed E-state index contributed by atoms with van der Waals surface area (Å²) < 4.78 is 0. The lowest BCUT2D eigenvalue weighted by molar-refractivity contribution is -0.114. The van der Waals surface area contributed by atoms with Gasteiger partial charge in [-0.25, -0.2) is 0 Å². The molecule has 0 bridgehead atoms. The summed E-state index contributed by atoms with van der Waals surface area (Å²) in [5.74, 6) is 0.130. The van der Waals surface area contributed by atoms with E-state index in [0.717, 1.165) is 36.8 Å². The first-order valence-corrected chi connectivity index (χ1v) is 4.54. The lowest BCUT2D eigenvalue weighted by Crippen LogP contribution is -2.15. The molecular formula is C10H16O2. The summed E-state index contributed by atoms with van der Waals surface area (Å²) in [6.45, 7) is 3.33. The Kier molecular flexibility index (Phi) is 3.04. The number of ketones is 1. The van der Waals surface area contributed by atoms with Crippen molar-refractivity contribution < 1.29 is 9.90 Å². The highest BCUT2D eigenvalue weighted by atomic mass is 16.3. The molecule has 1 N–H and O–H groups in total. The van der Waals surface area contributed by atoms with E-state index >= 15 is 0 Å². The van der Waals surface area contributed by atoms with Gasteiger partial charge in [0.2, 0.25) is 0 Å². The number of carbonyl (C=O) groups excluding carboxylic acids is 1. The molecule has 1 rings (SSSR count). The summed E-state index contributed by atoms with van der Waals surface area (Å²) in [5.41, 5.74) is 1.84. The van der Waals surface area contributed by atoms with Gasteiger partial charge in [-0.05, 0) is 50.7 Å². The van der Waals surface area contributed by atoms with E-state index in [-0.39, 0.29) is 5.78 Å². The summed E-state index contributed by atoms with van der Waals surface area (Å²) in [6.07, 6.45) is 3.51. The Labute approximate surface area is 73.3 Å². The fourth-order valence-electron chi connectivity index (χ4n) is 1.79. The van der Waals surface area contributed by atoms with Gasteiger partial charge in [-0.3, -0.25) is 4.79 Å². The molecule has 0 saturated carbocycles. The highest BCUT2D eigenvalue weighted by Crippen LogP contribution is 2.27. The smallest absolute Gasteiger partial charge is 0.155 e. The normalized spacial score (nSPS) is 20.9. The van der Waals surface area contributed by atoms with Gasteiger partial charge in [0.15, 0.2) is 5.78 Å². The van der Waals surface area contributed by atoms with Gasteiger partial charge in [0, 0.05) is 0 Å². The fraction of sp³-hybridized carbons (Fsp3) is 0.700. The van der Waals surface area contributed by atoms with Crippen LogP contribution < -0.4 is 0 Å². The van der Waals surface area contributed by atoms with Crippen molar-refractivity contribution in [1.82, 2.24) is 0 Å².